The van der Waals surface area contributed by atoms with Gasteiger partial charge in [-0.2, -0.15) is 0 Å². The van der Waals surface area contributed by atoms with Gasteiger partial charge in [0.25, 0.3) is 0 Å². The van der Waals surface area contributed by atoms with E-state index < -0.39 is 17.9 Å². The molecular formula is C17H22N2O7. The Bertz CT molecular complexity index is 677. The molecule has 26 heavy (non-hydrogen) atoms. The molecule has 1 saturated heterocycles. The highest BCUT2D eigenvalue weighted by atomic mass is 16.7. The molecule has 0 saturated carbocycles. The molecule has 1 aromatic rings. The molecule has 1 heterocycles. The number of hydroxylamine groups is 2. The number of carboxylic acids is 2. The molecule has 9 nitrogen and oxygen atoms in total. The molecule has 1 atom stereocenters. The summed E-state index contributed by atoms with van der Waals surface area (Å²) in [6, 6.07) is 4.01. The number of nitrogens with zero attached hydrogens (tertiary/aromatic N) is 1. The molecule has 9 heteroatoms. The Morgan fingerprint density at radius 1 is 1.27 bits per heavy atom. The lowest BCUT2D eigenvalue weighted by molar-refractivity contribution is -0.214. The molecule has 0 bridgehead atoms. The first-order chi connectivity index (χ1) is 12.4. The first-order valence-electron chi connectivity index (χ1n) is 8.28. The second-order valence-electron chi connectivity index (χ2n) is 5.85. The van der Waals surface area contributed by atoms with Crippen molar-refractivity contribution in [2.45, 2.75) is 26.0 Å². The van der Waals surface area contributed by atoms with E-state index in [-0.39, 0.29) is 30.3 Å². The second-order valence-corrected chi connectivity index (χ2v) is 5.85. The summed E-state index contributed by atoms with van der Waals surface area (Å²) in [5, 5.41) is 22.5. The van der Waals surface area contributed by atoms with Crippen molar-refractivity contribution in [1.82, 2.24) is 10.4 Å². The molecular weight excluding hydrogens is 344 g/mol. The fraction of sp³-hybridized carbons (Fsp3) is 0.471. The van der Waals surface area contributed by atoms with Crippen molar-refractivity contribution in [2.75, 3.05) is 26.2 Å². The van der Waals surface area contributed by atoms with Crippen LogP contribution in [0.25, 0.3) is 0 Å². The normalized spacial score (nSPS) is 17.7. The molecule has 142 valence electrons. The fourth-order valence-electron chi connectivity index (χ4n) is 2.57. The lowest BCUT2D eigenvalue weighted by Gasteiger charge is -2.30. The van der Waals surface area contributed by atoms with E-state index in [4.69, 9.17) is 19.8 Å². The van der Waals surface area contributed by atoms with E-state index in [1.807, 2.05) is 6.92 Å². The van der Waals surface area contributed by atoms with Gasteiger partial charge in [-0.25, -0.2) is 14.4 Å². The molecule has 2 rings (SSSR count). The molecule has 0 aromatic heterocycles. The van der Waals surface area contributed by atoms with E-state index in [1.165, 1.54) is 18.2 Å². The molecule has 0 aliphatic carbocycles. The number of carbonyl (C=O) groups is 3. The van der Waals surface area contributed by atoms with Crippen LogP contribution in [-0.4, -0.2) is 65.5 Å². The van der Waals surface area contributed by atoms with E-state index >= 15 is 0 Å². The number of nitrogens with one attached hydrogen (secondary N) is 1. The highest BCUT2D eigenvalue weighted by Crippen LogP contribution is 2.13. The van der Waals surface area contributed by atoms with Crippen LogP contribution in [0.5, 0.6) is 0 Å². The van der Waals surface area contributed by atoms with Crippen LogP contribution in [-0.2, 0) is 20.9 Å². The molecule has 1 aliphatic rings. The Balaban J connectivity index is 1.83. The number of ether oxygens (including phenoxy) is 1. The van der Waals surface area contributed by atoms with Gasteiger partial charge in [-0.1, -0.05) is 13.0 Å². The predicted molar refractivity (Wildman–Crippen MR) is 89.8 cm³/mol. The maximum absolute atomic E-state index is 11.9. The summed E-state index contributed by atoms with van der Waals surface area (Å²) in [5.41, 5.74) is -0.0191. The molecule has 0 amide bonds. The zero-order valence-electron chi connectivity index (χ0n) is 14.4. The number of hydrogen-bond acceptors (Lipinski definition) is 7. The average molecular weight is 366 g/mol. The van der Waals surface area contributed by atoms with Crippen LogP contribution in [0.4, 0.5) is 0 Å². The van der Waals surface area contributed by atoms with Crippen LogP contribution in [0.1, 0.15) is 39.6 Å². The molecule has 1 aromatic carbocycles. The minimum atomic E-state index is -1.32. The summed E-state index contributed by atoms with van der Waals surface area (Å²) in [6.45, 7) is 3.70. The van der Waals surface area contributed by atoms with E-state index in [1.54, 1.807) is 5.06 Å². The van der Waals surface area contributed by atoms with Gasteiger partial charge in [0.15, 0.2) is 0 Å². The van der Waals surface area contributed by atoms with Gasteiger partial charge in [0.2, 0.25) is 0 Å². The fourth-order valence-corrected chi connectivity index (χ4v) is 2.57. The van der Waals surface area contributed by atoms with Gasteiger partial charge in [0.1, 0.15) is 0 Å². The van der Waals surface area contributed by atoms with Gasteiger partial charge in [0.05, 0.1) is 43.5 Å². The number of rotatable bonds is 8. The number of carbonyl (C=O) groups excluding carboxylic acids is 1. The third-order valence-electron chi connectivity index (χ3n) is 3.93. The van der Waals surface area contributed by atoms with Gasteiger partial charge in [-0.15, -0.1) is 5.06 Å². The largest absolute Gasteiger partial charge is 0.478 e. The molecule has 3 N–H and O–H groups in total. The molecule has 0 radical (unpaired) electrons. The monoisotopic (exact) mass is 366 g/mol. The minimum absolute atomic E-state index is 0.0479. The third-order valence-corrected chi connectivity index (χ3v) is 3.93. The lowest BCUT2D eigenvalue weighted by Crippen LogP contribution is -2.44. The second kappa shape index (κ2) is 9.27. The predicted octanol–water partition coefficient (Wildman–Crippen LogP) is 0.742. The lowest BCUT2D eigenvalue weighted by atomic mass is 10.0. The minimum Gasteiger partial charge on any atom is -0.478 e. The van der Waals surface area contributed by atoms with Crippen LogP contribution < -0.4 is 5.32 Å². The van der Waals surface area contributed by atoms with Crippen molar-refractivity contribution in [3.8, 4) is 0 Å². The van der Waals surface area contributed by atoms with Gasteiger partial charge in [-0.3, -0.25) is 0 Å². The smallest absolute Gasteiger partial charge is 0.338 e. The topological polar surface area (TPSA) is 125 Å². The number of hydrogen-bond donors (Lipinski definition) is 3. The number of benzene rings is 1. The van der Waals surface area contributed by atoms with Crippen molar-refractivity contribution in [3.63, 3.8) is 0 Å². The van der Waals surface area contributed by atoms with Crippen LogP contribution in [0.2, 0.25) is 0 Å². The number of morpholine rings is 1. The third kappa shape index (κ3) is 5.51. The van der Waals surface area contributed by atoms with E-state index in [0.29, 0.717) is 25.3 Å². The van der Waals surface area contributed by atoms with E-state index in [0.717, 1.165) is 6.42 Å². The summed E-state index contributed by atoms with van der Waals surface area (Å²) >= 11 is 0. The zero-order chi connectivity index (χ0) is 19.1. The number of aromatic carboxylic acids is 2. The van der Waals surface area contributed by atoms with Crippen molar-refractivity contribution in [1.29, 1.82) is 0 Å². The van der Waals surface area contributed by atoms with Crippen LogP contribution in [0.3, 0.4) is 0 Å². The Hall–Kier alpha value is -2.49. The molecule has 1 fully saturated rings. The Morgan fingerprint density at radius 3 is 2.65 bits per heavy atom. The summed E-state index contributed by atoms with van der Waals surface area (Å²) in [5.74, 6) is -3.08. The highest BCUT2D eigenvalue weighted by Gasteiger charge is 2.22. The molecule has 1 unspecified atom stereocenters. The van der Waals surface area contributed by atoms with Crippen molar-refractivity contribution in [2.24, 2.45) is 0 Å². The van der Waals surface area contributed by atoms with Crippen molar-refractivity contribution >= 4 is 17.9 Å². The van der Waals surface area contributed by atoms with Gasteiger partial charge >= 0.3 is 17.9 Å². The first kappa shape index (κ1) is 19.8. The van der Waals surface area contributed by atoms with Crippen molar-refractivity contribution < 1.29 is 34.2 Å². The SMILES string of the molecule is CCC1CN(OC(=O)CNCc2ccc(C(=O)O)c(C(=O)O)c2)CCO1. The first-order valence-corrected chi connectivity index (χ1v) is 8.28. The van der Waals surface area contributed by atoms with Gasteiger partial charge in [-0.05, 0) is 24.1 Å². The number of carboxylic acid groups (broad SMARTS) is 2. The Labute approximate surface area is 150 Å². The summed E-state index contributed by atoms with van der Waals surface area (Å²) in [7, 11) is 0. The maximum atomic E-state index is 11.9. The summed E-state index contributed by atoms with van der Waals surface area (Å²) in [4.78, 5) is 39.3. The van der Waals surface area contributed by atoms with Crippen LogP contribution >= 0.6 is 0 Å². The molecule has 0 spiro atoms. The zero-order valence-corrected chi connectivity index (χ0v) is 14.4. The van der Waals surface area contributed by atoms with Gasteiger partial charge in [0, 0.05) is 6.54 Å². The standard InChI is InChI=1S/C17H22N2O7/c1-2-12-10-19(5-6-25-12)26-15(20)9-18-8-11-3-4-13(16(21)22)14(7-11)17(23)24/h3-4,7,12,18H,2,5-6,8-10H2,1H3,(H,21,22)(H,23,24). The quantitative estimate of drug-likeness (QED) is 0.611. The Morgan fingerprint density at radius 2 is 2.00 bits per heavy atom. The van der Waals surface area contributed by atoms with Crippen LogP contribution in [0, 0.1) is 0 Å². The average Bonchev–Trinajstić information content (AvgIpc) is 2.61. The van der Waals surface area contributed by atoms with E-state index in [9.17, 15) is 14.4 Å². The summed E-state index contributed by atoms with van der Waals surface area (Å²) in [6.07, 6.45) is 0.886. The maximum Gasteiger partial charge on any atom is 0.338 e. The van der Waals surface area contributed by atoms with Gasteiger partial charge < -0.3 is 25.1 Å². The van der Waals surface area contributed by atoms with Crippen molar-refractivity contribution in [3.05, 3.63) is 34.9 Å². The van der Waals surface area contributed by atoms with E-state index in [2.05, 4.69) is 5.32 Å². The highest BCUT2D eigenvalue weighted by molar-refractivity contribution is 6.01. The Kier molecular flexibility index (Phi) is 7.07. The van der Waals surface area contributed by atoms with Crippen LogP contribution in [0.15, 0.2) is 18.2 Å². The molecule has 1 aliphatic heterocycles. The summed E-state index contributed by atoms with van der Waals surface area (Å²) < 4.78 is 5.50.